The molecule has 1 rings (SSSR count). The molecule has 1 heterocycles. The number of aromatic nitrogens is 3. The highest BCUT2D eigenvalue weighted by atomic mass is 35.5. The fraction of sp³-hybridized carbons (Fsp3) is 0.700. The van der Waals surface area contributed by atoms with Crippen molar-refractivity contribution in [1.82, 2.24) is 15.0 Å². The van der Waals surface area contributed by atoms with E-state index >= 15 is 0 Å². The van der Waals surface area contributed by atoms with E-state index in [-0.39, 0.29) is 16.9 Å². The number of ether oxygens (including phenoxy) is 2. The van der Waals surface area contributed by atoms with E-state index in [0.29, 0.717) is 19.2 Å². The Hall–Kier alpha value is -1.14. The summed E-state index contributed by atoms with van der Waals surface area (Å²) in [6.45, 7) is 6.76. The monoisotopic (exact) mass is 260 g/mol. The van der Waals surface area contributed by atoms with Gasteiger partial charge in [0, 0.05) is 7.05 Å². The van der Waals surface area contributed by atoms with E-state index in [2.05, 4.69) is 20.3 Å². The molecule has 17 heavy (non-hydrogen) atoms. The standard InChI is InChI=1S/C10H17ClN4O2/c1-10(2,3)17-6-5-16-9-14-7(11)13-8(12-4)15-9/h5-6H2,1-4H3,(H,12,13,14,15). The number of nitrogens with one attached hydrogen (secondary N) is 1. The summed E-state index contributed by atoms with van der Waals surface area (Å²) in [7, 11) is 1.69. The predicted octanol–water partition coefficient (Wildman–Crippen LogP) is 1.76. The minimum absolute atomic E-state index is 0.0936. The van der Waals surface area contributed by atoms with Gasteiger partial charge in [0.15, 0.2) is 0 Å². The molecule has 0 atom stereocenters. The van der Waals surface area contributed by atoms with E-state index in [1.165, 1.54) is 0 Å². The van der Waals surface area contributed by atoms with Gasteiger partial charge in [0.1, 0.15) is 6.61 Å². The first kappa shape index (κ1) is 13.9. The molecular weight excluding hydrogens is 244 g/mol. The highest BCUT2D eigenvalue weighted by Gasteiger charge is 2.10. The lowest BCUT2D eigenvalue weighted by Crippen LogP contribution is -2.22. The molecule has 96 valence electrons. The zero-order valence-electron chi connectivity index (χ0n) is 10.5. The quantitative estimate of drug-likeness (QED) is 0.814. The van der Waals surface area contributed by atoms with E-state index in [9.17, 15) is 0 Å². The van der Waals surface area contributed by atoms with Crippen LogP contribution in [-0.2, 0) is 4.74 Å². The Bertz CT molecular complexity index is 368. The molecule has 0 amide bonds. The van der Waals surface area contributed by atoms with Gasteiger partial charge in [0.2, 0.25) is 11.2 Å². The molecule has 0 radical (unpaired) electrons. The molecule has 1 N–H and O–H groups in total. The van der Waals surface area contributed by atoms with Crippen LogP contribution in [0.25, 0.3) is 0 Å². The summed E-state index contributed by atoms with van der Waals surface area (Å²) < 4.78 is 10.8. The van der Waals surface area contributed by atoms with Crippen molar-refractivity contribution in [2.75, 3.05) is 25.6 Å². The molecule has 0 unspecified atom stereocenters. The van der Waals surface area contributed by atoms with Crippen molar-refractivity contribution in [1.29, 1.82) is 0 Å². The van der Waals surface area contributed by atoms with Crippen LogP contribution in [0.15, 0.2) is 0 Å². The Balaban J connectivity index is 2.44. The minimum atomic E-state index is -0.184. The van der Waals surface area contributed by atoms with Crippen molar-refractivity contribution in [3.63, 3.8) is 0 Å². The average molecular weight is 261 g/mol. The first-order chi connectivity index (χ1) is 7.90. The van der Waals surface area contributed by atoms with Gasteiger partial charge in [0.05, 0.1) is 12.2 Å². The lowest BCUT2D eigenvalue weighted by molar-refractivity contribution is -0.0173. The number of halogens is 1. The van der Waals surface area contributed by atoms with Crippen LogP contribution in [0.3, 0.4) is 0 Å². The second kappa shape index (κ2) is 5.97. The predicted molar refractivity (Wildman–Crippen MR) is 65.6 cm³/mol. The van der Waals surface area contributed by atoms with Crippen molar-refractivity contribution >= 4 is 17.5 Å². The van der Waals surface area contributed by atoms with E-state index in [4.69, 9.17) is 21.1 Å². The van der Waals surface area contributed by atoms with Crippen LogP contribution in [0.4, 0.5) is 5.95 Å². The summed E-state index contributed by atoms with van der Waals surface area (Å²) in [6, 6.07) is 0.187. The molecule has 0 aliphatic carbocycles. The highest BCUT2D eigenvalue weighted by Crippen LogP contribution is 2.11. The summed E-state index contributed by atoms with van der Waals surface area (Å²) in [6.07, 6.45) is 0. The lowest BCUT2D eigenvalue weighted by Gasteiger charge is -2.19. The average Bonchev–Trinajstić information content (AvgIpc) is 2.22. The number of hydrogen-bond acceptors (Lipinski definition) is 6. The Kier molecular flexibility index (Phi) is 4.89. The van der Waals surface area contributed by atoms with Crippen molar-refractivity contribution in [2.24, 2.45) is 0 Å². The molecule has 0 aliphatic heterocycles. The van der Waals surface area contributed by atoms with Gasteiger partial charge in [0.25, 0.3) is 0 Å². The molecule has 0 spiro atoms. The van der Waals surface area contributed by atoms with Crippen molar-refractivity contribution in [3.05, 3.63) is 5.28 Å². The molecule has 0 aromatic carbocycles. The topological polar surface area (TPSA) is 69.2 Å². The molecule has 0 aliphatic rings. The molecule has 0 fully saturated rings. The summed E-state index contributed by atoms with van der Waals surface area (Å²) in [5.74, 6) is 0.372. The maximum Gasteiger partial charge on any atom is 0.322 e. The smallest absolute Gasteiger partial charge is 0.322 e. The zero-order valence-corrected chi connectivity index (χ0v) is 11.2. The van der Waals surface area contributed by atoms with E-state index in [1.54, 1.807) is 7.05 Å². The Labute approximate surface area is 106 Å². The van der Waals surface area contributed by atoms with Crippen LogP contribution in [0, 0.1) is 0 Å². The highest BCUT2D eigenvalue weighted by molar-refractivity contribution is 6.28. The minimum Gasteiger partial charge on any atom is -0.461 e. The summed E-state index contributed by atoms with van der Waals surface area (Å²) in [4.78, 5) is 11.7. The largest absolute Gasteiger partial charge is 0.461 e. The third kappa shape index (κ3) is 5.65. The van der Waals surface area contributed by atoms with Crippen LogP contribution in [-0.4, -0.2) is 40.8 Å². The van der Waals surface area contributed by atoms with Gasteiger partial charge in [-0.05, 0) is 32.4 Å². The van der Waals surface area contributed by atoms with Gasteiger partial charge >= 0.3 is 6.01 Å². The summed E-state index contributed by atoms with van der Waals surface area (Å²) in [5.41, 5.74) is -0.184. The van der Waals surface area contributed by atoms with Gasteiger partial charge in [-0.2, -0.15) is 15.0 Å². The first-order valence-electron chi connectivity index (χ1n) is 5.27. The van der Waals surface area contributed by atoms with Crippen LogP contribution in [0.2, 0.25) is 5.28 Å². The van der Waals surface area contributed by atoms with Crippen molar-refractivity contribution in [2.45, 2.75) is 26.4 Å². The number of rotatable bonds is 5. The third-order valence-electron chi connectivity index (χ3n) is 1.66. The number of nitrogens with zero attached hydrogens (tertiary/aromatic N) is 3. The van der Waals surface area contributed by atoms with Crippen molar-refractivity contribution < 1.29 is 9.47 Å². The Morgan fingerprint density at radius 2 is 1.88 bits per heavy atom. The van der Waals surface area contributed by atoms with Crippen LogP contribution >= 0.6 is 11.6 Å². The second-order valence-electron chi connectivity index (χ2n) is 4.27. The van der Waals surface area contributed by atoms with Gasteiger partial charge in [-0.1, -0.05) is 0 Å². The molecule has 0 saturated carbocycles. The Morgan fingerprint density at radius 1 is 1.18 bits per heavy atom. The fourth-order valence-corrected chi connectivity index (χ4v) is 1.14. The summed E-state index contributed by atoms with van der Waals surface area (Å²) >= 11 is 5.70. The lowest BCUT2D eigenvalue weighted by atomic mass is 10.2. The molecule has 1 aromatic heterocycles. The first-order valence-corrected chi connectivity index (χ1v) is 5.64. The van der Waals surface area contributed by atoms with Gasteiger partial charge in [-0.3, -0.25) is 0 Å². The van der Waals surface area contributed by atoms with E-state index < -0.39 is 0 Å². The zero-order chi connectivity index (χ0) is 12.9. The maximum atomic E-state index is 5.70. The molecular formula is C10H17ClN4O2. The van der Waals surface area contributed by atoms with E-state index in [0.717, 1.165) is 0 Å². The van der Waals surface area contributed by atoms with Crippen LogP contribution in [0.5, 0.6) is 6.01 Å². The SMILES string of the molecule is CNc1nc(Cl)nc(OCCOC(C)(C)C)n1. The number of anilines is 1. The molecule has 7 heteroatoms. The van der Waals surface area contributed by atoms with Crippen LogP contribution < -0.4 is 10.1 Å². The molecule has 0 bridgehead atoms. The fourth-order valence-electron chi connectivity index (χ4n) is 0.989. The summed E-state index contributed by atoms with van der Waals surface area (Å²) in [5, 5.41) is 2.86. The third-order valence-corrected chi connectivity index (χ3v) is 1.83. The molecule has 6 nitrogen and oxygen atoms in total. The number of hydrogen-bond donors (Lipinski definition) is 1. The van der Waals surface area contributed by atoms with Gasteiger partial charge in [-0.15, -0.1) is 0 Å². The molecule has 0 saturated heterocycles. The molecule has 1 aromatic rings. The van der Waals surface area contributed by atoms with Crippen molar-refractivity contribution in [3.8, 4) is 6.01 Å². The second-order valence-corrected chi connectivity index (χ2v) is 4.61. The van der Waals surface area contributed by atoms with Gasteiger partial charge < -0.3 is 14.8 Å². The van der Waals surface area contributed by atoms with Crippen LogP contribution in [0.1, 0.15) is 20.8 Å². The Morgan fingerprint density at radius 3 is 2.47 bits per heavy atom. The normalized spacial score (nSPS) is 11.4. The maximum absolute atomic E-state index is 5.70. The van der Waals surface area contributed by atoms with Gasteiger partial charge in [-0.25, -0.2) is 0 Å². The van der Waals surface area contributed by atoms with E-state index in [1.807, 2.05) is 20.8 Å².